The minimum absolute atomic E-state index is 0.0845. The Balaban J connectivity index is 3.37. The number of allylic oxidation sites excluding steroid dienone is 8. The van der Waals surface area contributed by atoms with Gasteiger partial charge in [0.15, 0.2) is 0 Å². The van der Waals surface area contributed by atoms with E-state index in [1.54, 1.807) is 0 Å². The third-order valence-electron chi connectivity index (χ3n) is 8.41. The van der Waals surface area contributed by atoms with Crippen LogP contribution in [-0.2, 0) is 9.53 Å². The van der Waals surface area contributed by atoms with Gasteiger partial charge in [-0.25, -0.2) is 0 Å². The molecule has 0 rings (SSSR count). The molecule has 0 aromatic heterocycles. The highest BCUT2D eigenvalue weighted by molar-refractivity contribution is 5.69. The van der Waals surface area contributed by atoms with Crippen LogP contribution in [0.4, 0.5) is 0 Å². The zero-order chi connectivity index (χ0) is 32.0. The van der Waals surface area contributed by atoms with Crippen molar-refractivity contribution in [3.8, 4) is 0 Å². The van der Waals surface area contributed by atoms with E-state index in [4.69, 9.17) is 10.5 Å². The Kier molecular flexibility index (Phi) is 36.2. The Morgan fingerprint density at radius 2 is 0.909 bits per heavy atom. The van der Waals surface area contributed by atoms with E-state index in [9.17, 15) is 4.79 Å². The van der Waals surface area contributed by atoms with E-state index in [1.165, 1.54) is 135 Å². The third kappa shape index (κ3) is 34.9. The molecular weight excluding hydrogens is 538 g/mol. The van der Waals surface area contributed by atoms with Crippen molar-refractivity contribution < 1.29 is 9.53 Å². The lowest BCUT2D eigenvalue weighted by atomic mass is 10.0. The van der Waals surface area contributed by atoms with E-state index in [-0.39, 0.29) is 12.1 Å². The molecule has 0 saturated heterocycles. The van der Waals surface area contributed by atoms with Gasteiger partial charge in [0.05, 0.1) is 0 Å². The predicted octanol–water partition coefficient (Wildman–Crippen LogP) is 13.0. The van der Waals surface area contributed by atoms with Crippen LogP contribution < -0.4 is 5.73 Å². The van der Waals surface area contributed by atoms with Crippen LogP contribution in [-0.4, -0.2) is 18.6 Å². The molecule has 44 heavy (non-hydrogen) atoms. The lowest BCUT2D eigenvalue weighted by Crippen LogP contribution is -2.18. The summed E-state index contributed by atoms with van der Waals surface area (Å²) in [4.78, 5) is 11.8. The van der Waals surface area contributed by atoms with E-state index in [1.807, 2.05) is 0 Å². The number of ether oxygens (including phenoxy) is 1. The Labute approximate surface area is 275 Å². The van der Waals surface area contributed by atoms with Crippen molar-refractivity contribution in [2.75, 3.05) is 6.54 Å². The second kappa shape index (κ2) is 37.6. The van der Waals surface area contributed by atoms with Crippen molar-refractivity contribution >= 4 is 5.97 Å². The highest BCUT2D eigenvalue weighted by Gasteiger charge is 2.11. The van der Waals surface area contributed by atoms with Crippen molar-refractivity contribution in [2.45, 2.75) is 200 Å². The molecule has 3 heteroatoms. The van der Waals surface area contributed by atoms with Gasteiger partial charge in [0, 0.05) is 6.42 Å². The number of esters is 1. The molecule has 2 N–H and O–H groups in total. The molecule has 0 heterocycles. The summed E-state index contributed by atoms with van der Waals surface area (Å²) in [6.07, 6.45) is 53.4. The number of carbonyl (C=O) groups is 1. The second-order valence-corrected chi connectivity index (χ2v) is 12.7. The minimum atomic E-state index is -0.0845. The molecule has 256 valence electrons. The van der Waals surface area contributed by atoms with Crippen LogP contribution in [0.3, 0.4) is 0 Å². The van der Waals surface area contributed by atoms with Crippen LogP contribution in [0.2, 0.25) is 0 Å². The van der Waals surface area contributed by atoms with Crippen LogP contribution in [0.5, 0.6) is 0 Å². The predicted molar refractivity (Wildman–Crippen MR) is 196 cm³/mol. The first kappa shape index (κ1) is 42.4. The largest absolute Gasteiger partial charge is 0.462 e. The van der Waals surface area contributed by atoms with Crippen LogP contribution in [0, 0.1) is 0 Å². The molecule has 0 aromatic rings. The summed E-state index contributed by atoms with van der Waals surface area (Å²) in [5, 5.41) is 0. The molecule has 0 saturated carbocycles. The summed E-state index contributed by atoms with van der Waals surface area (Å²) in [5.41, 5.74) is 5.46. The number of hydrogen-bond acceptors (Lipinski definition) is 3. The molecule has 3 nitrogen and oxygen atoms in total. The topological polar surface area (TPSA) is 52.3 Å². The molecule has 0 aliphatic carbocycles. The summed E-state index contributed by atoms with van der Waals surface area (Å²) >= 11 is 0. The van der Waals surface area contributed by atoms with E-state index < -0.39 is 0 Å². The zero-order valence-corrected chi connectivity index (χ0v) is 29.6. The number of carbonyl (C=O) groups excluding carboxylic acids is 1. The summed E-state index contributed by atoms with van der Waals surface area (Å²) in [6.45, 7) is 4.94. The third-order valence-corrected chi connectivity index (χ3v) is 8.41. The first-order valence-electron chi connectivity index (χ1n) is 19.2. The lowest BCUT2D eigenvalue weighted by Gasteiger charge is -2.16. The standard InChI is InChI=1S/C41H75NO2/c1-3-5-6-7-8-9-10-11-12-13-14-15-16-17-18-19-20-21-22-23-24-25-26-27-28-29-30-31-32-33-34-35-37-40(4-2)44-41(43)38-36-39-42/h11-12,14-15,24-25,27-28,40H,3-10,13,16-23,26,29-39,42H2,1-2H3/b12-11-,15-14-,25-24-,28-27-. The molecule has 0 aliphatic rings. The average Bonchev–Trinajstić information content (AvgIpc) is 3.03. The molecule has 1 unspecified atom stereocenters. The van der Waals surface area contributed by atoms with Gasteiger partial charge in [-0.2, -0.15) is 0 Å². The smallest absolute Gasteiger partial charge is 0.306 e. The molecule has 0 spiro atoms. The van der Waals surface area contributed by atoms with Gasteiger partial charge in [0.2, 0.25) is 0 Å². The van der Waals surface area contributed by atoms with Gasteiger partial charge in [0.1, 0.15) is 6.10 Å². The summed E-state index contributed by atoms with van der Waals surface area (Å²) in [5.74, 6) is -0.0845. The van der Waals surface area contributed by atoms with E-state index >= 15 is 0 Å². The summed E-state index contributed by atoms with van der Waals surface area (Å²) in [7, 11) is 0. The van der Waals surface area contributed by atoms with Crippen molar-refractivity contribution in [2.24, 2.45) is 5.73 Å². The molecule has 0 aromatic carbocycles. The number of unbranched alkanes of at least 4 members (excludes halogenated alkanes) is 19. The highest BCUT2D eigenvalue weighted by atomic mass is 16.5. The van der Waals surface area contributed by atoms with Crippen LogP contribution >= 0.6 is 0 Å². The Bertz CT molecular complexity index is 693. The first-order valence-corrected chi connectivity index (χ1v) is 19.2. The van der Waals surface area contributed by atoms with Crippen molar-refractivity contribution in [3.05, 3.63) is 48.6 Å². The van der Waals surface area contributed by atoms with E-state index in [0.717, 1.165) is 38.5 Å². The second-order valence-electron chi connectivity index (χ2n) is 12.7. The molecule has 0 amide bonds. The Morgan fingerprint density at radius 1 is 0.523 bits per heavy atom. The van der Waals surface area contributed by atoms with Gasteiger partial charge in [-0.15, -0.1) is 0 Å². The lowest BCUT2D eigenvalue weighted by molar-refractivity contribution is -0.149. The average molecular weight is 614 g/mol. The molecule has 0 radical (unpaired) electrons. The van der Waals surface area contributed by atoms with Crippen molar-refractivity contribution in [3.63, 3.8) is 0 Å². The number of rotatable bonds is 34. The van der Waals surface area contributed by atoms with Crippen LogP contribution in [0.1, 0.15) is 194 Å². The van der Waals surface area contributed by atoms with Crippen LogP contribution in [0.15, 0.2) is 48.6 Å². The highest BCUT2D eigenvalue weighted by Crippen LogP contribution is 2.15. The van der Waals surface area contributed by atoms with Gasteiger partial charge < -0.3 is 10.5 Å². The summed E-state index contributed by atoms with van der Waals surface area (Å²) < 4.78 is 5.56. The maximum absolute atomic E-state index is 11.8. The van der Waals surface area contributed by atoms with E-state index in [0.29, 0.717) is 13.0 Å². The Morgan fingerprint density at radius 3 is 1.30 bits per heavy atom. The van der Waals surface area contributed by atoms with Gasteiger partial charge in [-0.3, -0.25) is 4.79 Å². The molecule has 0 bridgehead atoms. The van der Waals surface area contributed by atoms with Crippen molar-refractivity contribution in [1.82, 2.24) is 0 Å². The quantitative estimate of drug-likeness (QED) is 0.0446. The maximum Gasteiger partial charge on any atom is 0.306 e. The van der Waals surface area contributed by atoms with Gasteiger partial charge in [-0.1, -0.05) is 146 Å². The number of nitrogens with two attached hydrogens (primary N) is 1. The van der Waals surface area contributed by atoms with Gasteiger partial charge in [-0.05, 0) is 96.4 Å². The molecule has 0 fully saturated rings. The minimum Gasteiger partial charge on any atom is -0.462 e. The fourth-order valence-electron chi connectivity index (χ4n) is 5.47. The normalized spacial score (nSPS) is 12.9. The summed E-state index contributed by atoms with van der Waals surface area (Å²) in [6, 6.07) is 0. The number of hydrogen-bond donors (Lipinski definition) is 1. The van der Waals surface area contributed by atoms with Crippen molar-refractivity contribution in [1.29, 1.82) is 0 Å². The monoisotopic (exact) mass is 614 g/mol. The molecular formula is C41H75NO2. The van der Waals surface area contributed by atoms with Gasteiger partial charge >= 0.3 is 5.97 Å². The Hall–Kier alpha value is -1.61. The molecule has 0 aliphatic heterocycles. The zero-order valence-electron chi connectivity index (χ0n) is 29.6. The maximum atomic E-state index is 11.8. The van der Waals surface area contributed by atoms with Gasteiger partial charge in [0.25, 0.3) is 0 Å². The van der Waals surface area contributed by atoms with E-state index in [2.05, 4.69) is 62.5 Å². The fraction of sp³-hybridized carbons (Fsp3) is 0.780. The van der Waals surface area contributed by atoms with Crippen LogP contribution in [0.25, 0.3) is 0 Å². The molecule has 1 atom stereocenters. The first-order chi connectivity index (χ1) is 21.7. The SMILES string of the molecule is CCCCCCCC/C=C\C/C=C\CCCCCCCC/C=C\C/C=C\CCCCCCCCC(CC)OC(=O)CCCN. The fourth-order valence-corrected chi connectivity index (χ4v) is 5.47.